The van der Waals surface area contributed by atoms with E-state index in [2.05, 4.69) is 45.7 Å². The Kier molecular flexibility index (Phi) is 5.32. The number of thiazole rings is 1. The second-order valence-corrected chi connectivity index (χ2v) is 8.72. The number of benzene rings is 1. The summed E-state index contributed by atoms with van der Waals surface area (Å²) >= 11 is 1.52. The lowest BCUT2D eigenvalue weighted by Crippen LogP contribution is -2.39. The van der Waals surface area contributed by atoms with Gasteiger partial charge in [0.2, 0.25) is 11.8 Å². The highest BCUT2D eigenvalue weighted by atomic mass is 32.1. The van der Waals surface area contributed by atoms with Gasteiger partial charge in [0.1, 0.15) is 5.01 Å². The van der Waals surface area contributed by atoms with Gasteiger partial charge in [0.15, 0.2) is 0 Å². The molecule has 2 N–H and O–H groups in total. The highest BCUT2D eigenvalue weighted by molar-refractivity contribution is 7.18. The smallest absolute Gasteiger partial charge is 0.239 e. The standard InChI is InChI=1S/C22H24N4O2S/c1-12-8-18-19(10-17(12)15-6-7-23-13(2)9-15)29-22(26-18)14(3)21(28)24-11-20(27)25-16-4-5-16/h6-10,14,16H,4-5,11H2,1-3H3,(H,24,28)(H,25,27). The lowest BCUT2D eigenvalue weighted by molar-refractivity contribution is -0.126. The van der Waals surface area contributed by atoms with E-state index in [1.807, 2.05) is 26.1 Å². The van der Waals surface area contributed by atoms with E-state index in [9.17, 15) is 9.59 Å². The fourth-order valence-corrected chi connectivity index (χ4v) is 4.28. The molecular formula is C22H24N4O2S. The van der Waals surface area contributed by atoms with Crippen LogP contribution in [0, 0.1) is 13.8 Å². The Balaban J connectivity index is 1.51. The quantitative estimate of drug-likeness (QED) is 0.654. The van der Waals surface area contributed by atoms with Crippen molar-refractivity contribution in [2.24, 2.45) is 0 Å². The maximum atomic E-state index is 12.5. The third-order valence-corrected chi connectivity index (χ3v) is 6.29. The molecule has 1 atom stereocenters. The Morgan fingerprint density at radius 3 is 2.76 bits per heavy atom. The van der Waals surface area contributed by atoms with Crippen LogP contribution in [0.5, 0.6) is 0 Å². The Bertz CT molecular complexity index is 1090. The molecule has 6 nitrogen and oxygen atoms in total. The lowest BCUT2D eigenvalue weighted by atomic mass is 10.0. The van der Waals surface area contributed by atoms with E-state index >= 15 is 0 Å². The van der Waals surface area contributed by atoms with Crippen LogP contribution in [0.2, 0.25) is 0 Å². The average Bonchev–Trinajstić information content (AvgIpc) is 3.41. The molecule has 2 aromatic heterocycles. The van der Waals surface area contributed by atoms with E-state index < -0.39 is 5.92 Å². The van der Waals surface area contributed by atoms with Crippen molar-refractivity contribution in [3.8, 4) is 11.1 Å². The predicted octanol–water partition coefficient (Wildman–Crippen LogP) is 3.47. The summed E-state index contributed by atoms with van der Waals surface area (Å²) < 4.78 is 1.04. The van der Waals surface area contributed by atoms with Gasteiger partial charge in [-0.2, -0.15) is 0 Å². The van der Waals surface area contributed by atoms with Crippen molar-refractivity contribution in [2.45, 2.75) is 45.6 Å². The molecule has 150 valence electrons. The maximum Gasteiger partial charge on any atom is 0.239 e. The van der Waals surface area contributed by atoms with E-state index in [1.165, 1.54) is 11.3 Å². The fraction of sp³-hybridized carbons (Fsp3) is 0.364. The summed E-state index contributed by atoms with van der Waals surface area (Å²) in [7, 11) is 0. The molecule has 1 saturated carbocycles. The number of carbonyl (C=O) groups excluding carboxylic acids is 2. The number of fused-ring (bicyclic) bond motifs is 1. The highest BCUT2D eigenvalue weighted by Gasteiger charge is 2.24. The van der Waals surface area contributed by atoms with Crippen LogP contribution in [-0.2, 0) is 9.59 Å². The van der Waals surface area contributed by atoms with Crippen LogP contribution in [-0.4, -0.2) is 34.4 Å². The summed E-state index contributed by atoms with van der Waals surface area (Å²) in [6.45, 7) is 5.88. The van der Waals surface area contributed by atoms with Gasteiger partial charge in [0, 0.05) is 17.9 Å². The van der Waals surface area contributed by atoms with Gasteiger partial charge in [-0.05, 0) is 74.6 Å². The normalized spacial score (nSPS) is 14.6. The SMILES string of the molecule is Cc1cc(-c2cc3sc(C(C)C(=O)NCC(=O)NC4CC4)nc3cc2C)ccn1. The van der Waals surface area contributed by atoms with Crippen molar-refractivity contribution in [2.75, 3.05) is 6.54 Å². The number of nitrogens with zero attached hydrogens (tertiary/aromatic N) is 2. The third-order valence-electron chi connectivity index (χ3n) is 5.09. The Labute approximate surface area is 173 Å². The van der Waals surface area contributed by atoms with E-state index in [4.69, 9.17) is 0 Å². The molecule has 1 unspecified atom stereocenters. The minimum absolute atomic E-state index is 0.00915. The van der Waals surface area contributed by atoms with Gasteiger partial charge in [-0.15, -0.1) is 11.3 Å². The lowest BCUT2D eigenvalue weighted by Gasteiger charge is -2.09. The molecule has 2 heterocycles. The van der Waals surface area contributed by atoms with E-state index in [-0.39, 0.29) is 18.4 Å². The van der Waals surface area contributed by atoms with Gasteiger partial charge < -0.3 is 10.6 Å². The van der Waals surface area contributed by atoms with E-state index in [1.54, 1.807) is 0 Å². The number of hydrogen-bond donors (Lipinski definition) is 2. The Hall–Kier alpha value is -2.80. The van der Waals surface area contributed by atoms with Gasteiger partial charge in [-0.1, -0.05) is 0 Å². The summed E-state index contributed by atoms with van der Waals surface area (Å²) in [5.41, 5.74) is 5.27. The number of pyridine rings is 1. The van der Waals surface area contributed by atoms with Gasteiger partial charge in [-0.25, -0.2) is 4.98 Å². The molecular weight excluding hydrogens is 384 g/mol. The number of aromatic nitrogens is 2. The number of aryl methyl sites for hydroxylation is 2. The molecule has 1 aliphatic rings. The van der Waals surface area contributed by atoms with Gasteiger partial charge >= 0.3 is 0 Å². The van der Waals surface area contributed by atoms with Crippen LogP contribution in [0.25, 0.3) is 21.3 Å². The first-order valence-corrected chi connectivity index (χ1v) is 10.6. The Morgan fingerprint density at radius 2 is 2.03 bits per heavy atom. The van der Waals surface area contributed by atoms with Crippen molar-refractivity contribution in [1.82, 2.24) is 20.6 Å². The minimum atomic E-state index is -0.409. The zero-order valence-corrected chi connectivity index (χ0v) is 17.6. The molecule has 0 bridgehead atoms. The second kappa shape index (κ2) is 7.91. The molecule has 1 fully saturated rings. The average molecular weight is 409 g/mol. The van der Waals surface area contributed by atoms with Crippen LogP contribution in [0.15, 0.2) is 30.5 Å². The van der Waals surface area contributed by atoms with Crippen LogP contribution in [0.3, 0.4) is 0 Å². The maximum absolute atomic E-state index is 12.5. The fourth-order valence-electron chi connectivity index (χ4n) is 3.24. The first-order valence-electron chi connectivity index (χ1n) is 9.82. The zero-order chi connectivity index (χ0) is 20.5. The first-order chi connectivity index (χ1) is 13.9. The number of rotatable bonds is 6. The van der Waals surface area contributed by atoms with Crippen LogP contribution in [0.4, 0.5) is 0 Å². The molecule has 3 aromatic rings. The predicted molar refractivity (Wildman–Crippen MR) is 115 cm³/mol. The molecule has 7 heteroatoms. The minimum Gasteiger partial charge on any atom is -0.352 e. The van der Waals surface area contributed by atoms with Crippen LogP contribution >= 0.6 is 11.3 Å². The zero-order valence-electron chi connectivity index (χ0n) is 16.8. The number of nitrogens with one attached hydrogen (secondary N) is 2. The van der Waals surface area contributed by atoms with Crippen molar-refractivity contribution in [1.29, 1.82) is 0 Å². The molecule has 29 heavy (non-hydrogen) atoms. The summed E-state index contributed by atoms with van der Waals surface area (Å²) in [4.78, 5) is 33.2. The molecule has 1 aliphatic carbocycles. The van der Waals surface area contributed by atoms with Crippen molar-refractivity contribution < 1.29 is 9.59 Å². The van der Waals surface area contributed by atoms with E-state index in [0.29, 0.717) is 6.04 Å². The first kappa shape index (κ1) is 19.5. The number of hydrogen-bond acceptors (Lipinski definition) is 5. The topological polar surface area (TPSA) is 84.0 Å². The van der Waals surface area contributed by atoms with Crippen molar-refractivity contribution >= 4 is 33.4 Å². The summed E-state index contributed by atoms with van der Waals surface area (Å²) in [5, 5.41) is 6.34. The summed E-state index contributed by atoms with van der Waals surface area (Å²) in [6, 6.07) is 8.57. The molecule has 0 aliphatic heterocycles. The molecule has 4 rings (SSSR count). The Morgan fingerprint density at radius 1 is 1.24 bits per heavy atom. The third kappa shape index (κ3) is 4.45. The molecule has 1 aromatic carbocycles. The number of amides is 2. The largest absolute Gasteiger partial charge is 0.352 e. The van der Waals surface area contributed by atoms with Crippen LogP contribution < -0.4 is 10.6 Å². The summed E-state index contributed by atoms with van der Waals surface area (Å²) in [5.74, 6) is -0.727. The van der Waals surface area contributed by atoms with Gasteiger partial charge in [0.05, 0.1) is 22.7 Å². The van der Waals surface area contributed by atoms with Crippen molar-refractivity contribution in [3.63, 3.8) is 0 Å². The van der Waals surface area contributed by atoms with Crippen molar-refractivity contribution in [3.05, 3.63) is 46.7 Å². The summed E-state index contributed by atoms with van der Waals surface area (Å²) in [6.07, 6.45) is 3.88. The van der Waals surface area contributed by atoms with Gasteiger partial charge in [0.25, 0.3) is 0 Å². The second-order valence-electron chi connectivity index (χ2n) is 7.65. The monoisotopic (exact) mass is 408 g/mol. The van der Waals surface area contributed by atoms with Crippen LogP contribution in [0.1, 0.15) is 41.9 Å². The van der Waals surface area contributed by atoms with Gasteiger partial charge in [-0.3, -0.25) is 14.6 Å². The molecule has 0 saturated heterocycles. The van der Waals surface area contributed by atoms with E-state index in [0.717, 1.165) is 50.5 Å². The highest BCUT2D eigenvalue weighted by Crippen LogP contribution is 2.33. The molecule has 2 amide bonds. The molecule has 0 spiro atoms. The number of carbonyl (C=O) groups is 2. The molecule has 0 radical (unpaired) electrons.